The van der Waals surface area contributed by atoms with E-state index in [-0.39, 0.29) is 12.4 Å². The molecule has 24 heavy (non-hydrogen) atoms. The third kappa shape index (κ3) is 5.01. The zero-order chi connectivity index (χ0) is 17.5. The van der Waals surface area contributed by atoms with Gasteiger partial charge in [-0.1, -0.05) is 6.07 Å². The van der Waals surface area contributed by atoms with E-state index in [4.69, 9.17) is 9.47 Å². The summed E-state index contributed by atoms with van der Waals surface area (Å²) < 4.78 is 10.4. The van der Waals surface area contributed by atoms with E-state index in [2.05, 4.69) is 10.5 Å². The number of carbonyl (C=O) groups excluding carboxylic acids is 1. The minimum atomic E-state index is -0.390. The van der Waals surface area contributed by atoms with Crippen molar-refractivity contribution in [1.82, 2.24) is 5.43 Å². The summed E-state index contributed by atoms with van der Waals surface area (Å²) in [5.41, 5.74) is 4.95. The maximum Gasteiger partial charge on any atom is 0.277 e. The van der Waals surface area contributed by atoms with Gasteiger partial charge in [0.25, 0.3) is 5.91 Å². The summed E-state index contributed by atoms with van der Waals surface area (Å²) in [5.74, 6) is 0.798. The second kappa shape index (κ2) is 8.01. The van der Waals surface area contributed by atoms with Crippen molar-refractivity contribution in [2.75, 3.05) is 13.7 Å². The Morgan fingerprint density at radius 2 is 1.88 bits per heavy atom. The zero-order valence-electron chi connectivity index (χ0n) is 13.9. The van der Waals surface area contributed by atoms with Crippen molar-refractivity contribution in [2.24, 2.45) is 5.10 Å². The van der Waals surface area contributed by atoms with Gasteiger partial charge in [-0.2, -0.15) is 5.10 Å². The lowest BCUT2D eigenvalue weighted by Gasteiger charge is -2.07. The van der Waals surface area contributed by atoms with Crippen LogP contribution >= 0.6 is 0 Å². The molecule has 2 N–H and O–H groups in total. The summed E-state index contributed by atoms with van der Waals surface area (Å²) in [7, 11) is 1.51. The minimum absolute atomic E-state index is 0.0128. The van der Waals surface area contributed by atoms with Crippen molar-refractivity contribution < 1.29 is 19.4 Å². The highest BCUT2D eigenvalue weighted by molar-refractivity contribution is 5.85. The molecule has 6 nitrogen and oxygen atoms in total. The van der Waals surface area contributed by atoms with E-state index in [1.807, 2.05) is 32.0 Å². The molecule has 1 amide bonds. The highest BCUT2D eigenvalue weighted by atomic mass is 16.5. The molecule has 0 bridgehead atoms. The Labute approximate surface area is 140 Å². The summed E-state index contributed by atoms with van der Waals surface area (Å²) in [5, 5.41) is 13.6. The standard InChI is InChI=1S/C18H20N2O4/c1-12-6-13(2)8-16(7-12)24-11-18(22)20-19-10-14-4-5-15(23-3)9-17(14)21/h4-10,21H,11H2,1-3H3,(H,20,22). The molecule has 0 heterocycles. The third-order valence-corrected chi connectivity index (χ3v) is 3.20. The van der Waals surface area contributed by atoms with Crippen molar-refractivity contribution in [1.29, 1.82) is 0 Å². The lowest BCUT2D eigenvalue weighted by Crippen LogP contribution is -2.24. The fourth-order valence-corrected chi connectivity index (χ4v) is 2.13. The van der Waals surface area contributed by atoms with Gasteiger partial charge >= 0.3 is 0 Å². The minimum Gasteiger partial charge on any atom is -0.507 e. The monoisotopic (exact) mass is 328 g/mol. The van der Waals surface area contributed by atoms with Crippen LogP contribution in [-0.2, 0) is 4.79 Å². The van der Waals surface area contributed by atoms with Gasteiger partial charge in [0.2, 0.25) is 0 Å². The Hall–Kier alpha value is -3.02. The van der Waals surface area contributed by atoms with Crippen LogP contribution in [0, 0.1) is 13.8 Å². The van der Waals surface area contributed by atoms with Crippen LogP contribution in [0.25, 0.3) is 0 Å². The average molecular weight is 328 g/mol. The van der Waals surface area contributed by atoms with Crippen LogP contribution in [0.4, 0.5) is 0 Å². The fraction of sp³-hybridized carbons (Fsp3) is 0.222. The first-order valence-corrected chi connectivity index (χ1v) is 7.38. The van der Waals surface area contributed by atoms with Crippen LogP contribution in [0.5, 0.6) is 17.2 Å². The zero-order valence-corrected chi connectivity index (χ0v) is 13.9. The Morgan fingerprint density at radius 1 is 1.17 bits per heavy atom. The number of benzene rings is 2. The molecule has 0 aromatic heterocycles. The number of hydrogen-bond acceptors (Lipinski definition) is 5. The van der Waals surface area contributed by atoms with Gasteiger partial charge < -0.3 is 14.6 Å². The predicted octanol–water partition coefficient (Wildman–Crippen LogP) is 2.55. The van der Waals surface area contributed by atoms with Gasteiger partial charge in [0.05, 0.1) is 13.3 Å². The van der Waals surface area contributed by atoms with Gasteiger partial charge in [-0.15, -0.1) is 0 Å². The van der Waals surface area contributed by atoms with Crippen molar-refractivity contribution in [3.8, 4) is 17.2 Å². The fourth-order valence-electron chi connectivity index (χ4n) is 2.13. The lowest BCUT2D eigenvalue weighted by molar-refractivity contribution is -0.123. The number of amides is 1. The first-order valence-electron chi connectivity index (χ1n) is 7.38. The molecule has 0 radical (unpaired) electrons. The number of methoxy groups -OCH3 is 1. The van der Waals surface area contributed by atoms with E-state index in [1.165, 1.54) is 19.4 Å². The molecule has 0 unspecified atom stereocenters. The summed E-state index contributed by atoms with van der Waals surface area (Å²) in [4.78, 5) is 11.7. The number of nitrogens with zero attached hydrogens (tertiary/aromatic N) is 1. The number of hydrazone groups is 1. The molecular formula is C18H20N2O4. The molecule has 0 fully saturated rings. The Morgan fingerprint density at radius 3 is 2.50 bits per heavy atom. The number of aryl methyl sites for hydroxylation is 2. The maximum absolute atomic E-state index is 11.7. The molecule has 0 atom stereocenters. The number of phenols is 1. The van der Waals surface area contributed by atoms with Gasteiger partial charge in [0.15, 0.2) is 6.61 Å². The Balaban J connectivity index is 1.86. The normalized spacial score (nSPS) is 10.6. The molecule has 0 spiro atoms. The number of nitrogens with one attached hydrogen (secondary N) is 1. The highest BCUT2D eigenvalue weighted by Gasteiger charge is 2.04. The SMILES string of the molecule is COc1ccc(C=NNC(=O)COc2cc(C)cc(C)c2)c(O)c1. The van der Waals surface area contributed by atoms with Gasteiger partial charge in [0, 0.05) is 11.6 Å². The quantitative estimate of drug-likeness (QED) is 0.631. The number of hydrogen-bond donors (Lipinski definition) is 2. The van der Waals surface area contributed by atoms with E-state index >= 15 is 0 Å². The summed E-state index contributed by atoms with van der Waals surface area (Å²) in [6.45, 7) is 3.78. The first-order chi connectivity index (χ1) is 11.5. The molecule has 2 aromatic carbocycles. The van der Waals surface area contributed by atoms with E-state index < -0.39 is 5.91 Å². The van der Waals surface area contributed by atoms with Crippen molar-refractivity contribution in [3.05, 3.63) is 53.1 Å². The number of rotatable bonds is 6. The second-order valence-electron chi connectivity index (χ2n) is 5.33. The summed E-state index contributed by atoms with van der Waals surface area (Å²) in [6, 6.07) is 10.5. The van der Waals surface area contributed by atoms with Gasteiger partial charge in [-0.25, -0.2) is 5.43 Å². The van der Waals surface area contributed by atoms with Crippen molar-refractivity contribution in [3.63, 3.8) is 0 Å². The molecule has 0 saturated carbocycles. The molecule has 0 saturated heterocycles. The number of aromatic hydroxyl groups is 1. The van der Waals surface area contributed by atoms with Gasteiger partial charge in [-0.3, -0.25) is 4.79 Å². The number of ether oxygens (including phenoxy) is 2. The van der Waals surface area contributed by atoms with Gasteiger partial charge in [0.1, 0.15) is 17.2 Å². The third-order valence-electron chi connectivity index (χ3n) is 3.20. The molecular weight excluding hydrogens is 308 g/mol. The average Bonchev–Trinajstić information content (AvgIpc) is 2.53. The molecule has 126 valence electrons. The topological polar surface area (TPSA) is 80.2 Å². The van der Waals surface area contributed by atoms with E-state index in [9.17, 15) is 9.90 Å². The molecule has 0 aliphatic carbocycles. The van der Waals surface area contributed by atoms with Crippen LogP contribution in [0.3, 0.4) is 0 Å². The van der Waals surface area contributed by atoms with Crippen LogP contribution in [0.1, 0.15) is 16.7 Å². The second-order valence-corrected chi connectivity index (χ2v) is 5.33. The first kappa shape index (κ1) is 17.3. The number of carbonyl (C=O) groups is 1. The van der Waals surface area contributed by atoms with Crippen molar-refractivity contribution >= 4 is 12.1 Å². The van der Waals surface area contributed by atoms with Crippen LogP contribution in [-0.4, -0.2) is 30.9 Å². The highest BCUT2D eigenvalue weighted by Crippen LogP contribution is 2.21. The summed E-state index contributed by atoms with van der Waals surface area (Å²) in [6.07, 6.45) is 1.35. The number of phenolic OH excluding ortho intramolecular Hbond substituents is 1. The Bertz CT molecular complexity index is 736. The maximum atomic E-state index is 11.7. The molecule has 0 aliphatic rings. The van der Waals surface area contributed by atoms with Crippen LogP contribution < -0.4 is 14.9 Å². The van der Waals surface area contributed by atoms with E-state index in [1.54, 1.807) is 12.1 Å². The Kier molecular flexibility index (Phi) is 5.78. The largest absolute Gasteiger partial charge is 0.507 e. The van der Waals surface area contributed by atoms with Crippen LogP contribution in [0.15, 0.2) is 41.5 Å². The predicted molar refractivity (Wildman–Crippen MR) is 91.8 cm³/mol. The molecule has 6 heteroatoms. The lowest BCUT2D eigenvalue weighted by atomic mass is 10.1. The molecule has 2 rings (SSSR count). The summed E-state index contributed by atoms with van der Waals surface area (Å²) >= 11 is 0. The smallest absolute Gasteiger partial charge is 0.277 e. The van der Waals surface area contributed by atoms with Crippen LogP contribution in [0.2, 0.25) is 0 Å². The van der Waals surface area contributed by atoms with Gasteiger partial charge in [-0.05, 0) is 49.2 Å². The van der Waals surface area contributed by atoms with E-state index in [0.717, 1.165) is 11.1 Å². The molecule has 2 aromatic rings. The molecule has 0 aliphatic heterocycles. The van der Waals surface area contributed by atoms with Crippen molar-refractivity contribution in [2.45, 2.75) is 13.8 Å². The van der Waals surface area contributed by atoms with E-state index in [0.29, 0.717) is 17.1 Å².